The molecule has 0 radical (unpaired) electrons. The second-order valence-corrected chi connectivity index (χ2v) is 8.00. The Morgan fingerprint density at radius 2 is 1.05 bits per heavy atom. The van der Waals surface area contributed by atoms with Crippen molar-refractivity contribution >= 4 is 40.5 Å². The summed E-state index contributed by atoms with van der Waals surface area (Å²) in [5.74, 6) is -2.31. The van der Waals surface area contributed by atoms with Crippen LogP contribution in [0.3, 0.4) is 0 Å². The highest BCUT2D eigenvalue weighted by molar-refractivity contribution is 6.12. The number of non-ortho nitro benzene ring substituents is 1. The summed E-state index contributed by atoms with van der Waals surface area (Å²) in [6.07, 6.45) is 0. The van der Waals surface area contributed by atoms with Crippen molar-refractivity contribution < 1.29 is 29.5 Å². The van der Waals surface area contributed by atoms with Gasteiger partial charge in [0.1, 0.15) is 11.5 Å². The van der Waals surface area contributed by atoms with E-state index in [-0.39, 0.29) is 50.9 Å². The third kappa shape index (κ3) is 5.91. The number of carbonyl (C=O) groups excluding carboxylic acids is 3. The lowest BCUT2D eigenvalue weighted by Gasteiger charge is -2.13. The SMILES string of the molecule is O=C(Nc1cc(C(=O)Nc2ccccc2O)cc(C(=O)Nc2ccccc2O)c1)c1ccc([N+](=O)[O-])cc1. The van der Waals surface area contributed by atoms with Crippen molar-refractivity contribution in [1.82, 2.24) is 0 Å². The zero-order valence-electron chi connectivity index (χ0n) is 19.5. The molecule has 38 heavy (non-hydrogen) atoms. The number of benzene rings is 4. The molecule has 190 valence electrons. The first-order valence-electron chi connectivity index (χ1n) is 11.1. The monoisotopic (exact) mass is 512 g/mol. The van der Waals surface area contributed by atoms with Crippen LogP contribution in [0.2, 0.25) is 0 Å². The molecule has 5 N–H and O–H groups in total. The summed E-state index contributed by atoms with van der Waals surface area (Å²) in [6.45, 7) is 0. The summed E-state index contributed by atoms with van der Waals surface area (Å²) >= 11 is 0. The van der Waals surface area contributed by atoms with Gasteiger partial charge in [-0.2, -0.15) is 0 Å². The third-order valence-electron chi connectivity index (χ3n) is 5.36. The number of nitrogens with zero attached hydrogens (tertiary/aromatic N) is 1. The highest BCUT2D eigenvalue weighted by atomic mass is 16.6. The predicted molar refractivity (Wildman–Crippen MR) is 140 cm³/mol. The van der Waals surface area contributed by atoms with Crippen LogP contribution >= 0.6 is 0 Å². The summed E-state index contributed by atoms with van der Waals surface area (Å²) < 4.78 is 0. The van der Waals surface area contributed by atoms with Gasteiger partial charge in [0, 0.05) is 34.5 Å². The highest BCUT2D eigenvalue weighted by Crippen LogP contribution is 2.26. The van der Waals surface area contributed by atoms with Gasteiger partial charge in [-0.3, -0.25) is 24.5 Å². The van der Waals surface area contributed by atoms with Crippen LogP contribution in [0.4, 0.5) is 22.7 Å². The Morgan fingerprint density at radius 3 is 1.50 bits per heavy atom. The lowest BCUT2D eigenvalue weighted by Crippen LogP contribution is -2.18. The molecule has 11 nitrogen and oxygen atoms in total. The molecule has 0 aliphatic carbocycles. The van der Waals surface area contributed by atoms with E-state index in [2.05, 4.69) is 16.0 Å². The van der Waals surface area contributed by atoms with Crippen molar-refractivity contribution in [3.63, 3.8) is 0 Å². The maximum atomic E-state index is 13.0. The third-order valence-corrected chi connectivity index (χ3v) is 5.36. The Labute approximate surface area is 215 Å². The lowest BCUT2D eigenvalue weighted by molar-refractivity contribution is -0.384. The Balaban J connectivity index is 1.65. The second kappa shape index (κ2) is 10.9. The van der Waals surface area contributed by atoms with Gasteiger partial charge >= 0.3 is 0 Å². The fourth-order valence-electron chi connectivity index (χ4n) is 3.45. The normalized spacial score (nSPS) is 10.3. The van der Waals surface area contributed by atoms with Crippen molar-refractivity contribution in [3.05, 3.63) is 118 Å². The average molecular weight is 512 g/mol. The van der Waals surface area contributed by atoms with Crippen molar-refractivity contribution in [2.75, 3.05) is 16.0 Å². The first kappa shape index (κ1) is 25.4. The van der Waals surface area contributed by atoms with E-state index in [1.54, 1.807) is 24.3 Å². The van der Waals surface area contributed by atoms with E-state index in [0.29, 0.717) is 0 Å². The molecule has 0 heterocycles. The van der Waals surface area contributed by atoms with Gasteiger partial charge in [-0.15, -0.1) is 0 Å². The quantitative estimate of drug-likeness (QED) is 0.135. The summed E-state index contributed by atoms with van der Waals surface area (Å²) in [5, 5.41) is 38.5. The summed E-state index contributed by atoms with van der Waals surface area (Å²) in [5.41, 5.74) is 0.249. The number of para-hydroxylation sites is 4. The summed E-state index contributed by atoms with van der Waals surface area (Å²) in [4.78, 5) is 49.0. The van der Waals surface area contributed by atoms with E-state index in [0.717, 1.165) is 0 Å². The van der Waals surface area contributed by atoms with E-state index in [1.807, 2.05) is 0 Å². The largest absolute Gasteiger partial charge is 0.506 e. The number of nitrogens with one attached hydrogen (secondary N) is 3. The molecule has 4 aromatic rings. The van der Waals surface area contributed by atoms with Gasteiger partial charge in [0.05, 0.1) is 16.3 Å². The van der Waals surface area contributed by atoms with E-state index < -0.39 is 22.6 Å². The standard InChI is InChI=1S/C27H20N4O7/c32-23-7-3-1-5-21(23)29-26(35)17-13-18(27(36)30-22-6-2-4-8-24(22)33)15-19(14-17)28-25(34)16-9-11-20(12-10-16)31(37)38/h1-15,32-33H,(H,28,34)(H,29,35)(H,30,36). The second-order valence-electron chi connectivity index (χ2n) is 8.00. The van der Waals surface area contributed by atoms with Crippen molar-refractivity contribution in [2.45, 2.75) is 0 Å². The van der Waals surface area contributed by atoms with Gasteiger partial charge in [0.25, 0.3) is 23.4 Å². The molecule has 0 unspecified atom stereocenters. The molecule has 0 fully saturated rings. The Morgan fingerprint density at radius 1 is 0.605 bits per heavy atom. The maximum Gasteiger partial charge on any atom is 0.269 e. The number of rotatable bonds is 7. The van der Waals surface area contributed by atoms with Gasteiger partial charge in [-0.05, 0) is 54.6 Å². The number of anilines is 3. The summed E-state index contributed by atoms with van der Waals surface area (Å²) in [6, 6.07) is 21.0. The number of amides is 3. The molecule has 0 aliphatic rings. The molecule has 0 bridgehead atoms. The number of carbonyl (C=O) groups is 3. The molecule has 0 spiro atoms. The fraction of sp³-hybridized carbons (Fsp3) is 0. The Bertz CT molecular complexity index is 1470. The first-order chi connectivity index (χ1) is 18.2. The molecule has 0 saturated carbocycles. The smallest absolute Gasteiger partial charge is 0.269 e. The zero-order chi connectivity index (χ0) is 27.2. The molecule has 4 aromatic carbocycles. The summed E-state index contributed by atoms with van der Waals surface area (Å²) in [7, 11) is 0. The van der Waals surface area contributed by atoms with Gasteiger partial charge in [-0.1, -0.05) is 24.3 Å². The van der Waals surface area contributed by atoms with Gasteiger partial charge < -0.3 is 26.2 Å². The number of aromatic hydroxyl groups is 2. The number of phenolic OH excluding ortho intramolecular Hbond substituents is 2. The highest BCUT2D eigenvalue weighted by Gasteiger charge is 2.17. The van der Waals surface area contributed by atoms with Crippen LogP contribution in [0, 0.1) is 10.1 Å². The van der Waals surface area contributed by atoms with Crippen molar-refractivity contribution in [1.29, 1.82) is 0 Å². The van der Waals surface area contributed by atoms with Gasteiger partial charge in [-0.25, -0.2) is 0 Å². The topological polar surface area (TPSA) is 171 Å². The van der Waals surface area contributed by atoms with Gasteiger partial charge in [0.15, 0.2) is 0 Å². The van der Waals surface area contributed by atoms with E-state index in [1.165, 1.54) is 66.7 Å². The van der Waals surface area contributed by atoms with Crippen molar-refractivity contribution in [3.8, 4) is 11.5 Å². The average Bonchev–Trinajstić information content (AvgIpc) is 2.91. The van der Waals surface area contributed by atoms with Crippen LogP contribution in [0.25, 0.3) is 0 Å². The molecular formula is C27H20N4O7. The number of nitro benzene ring substituents is 1. The molecule has 4 rings (SSSR count). The first-order valence-corrected chi connectivity index (χ1v) is 11.1. The molecule has 0 saturated heterocycles. The zero-order valence-corrected chi connectivity index (χ0v) is 19.5. The van der Waals surface area contributed by atoms with Gasteiger partial charge in [0.2, 0.25) is 0 Å². The fourth-order valence-corrected chi connectivity index (χ4v) is 3.45. The number of nitro groups is 1. The van der Waals surface area contributed by atoms with E-state index in [9.17, 15) is 34.7 Å². The van der Waals surface area contributed by atoms with Crippen LogP contribution in [0.5, 0.6) is 11.5 Å². The number of hydrogen-bond acceptors (Lipinski definition) is 7. The predicted octanol–water partition coefficient (Wildman–Crippen LogP) is 4.76. The maximum absolute atomic E-state index is 13.0. The van der Waals surface area contributed by atoms with Crippen LogP contribution < -0.4 is 16.0 Å². The van der Waals surface area contributed by atoms with Crippen LogP contribution in [0.15, 0.2) is 91.0 Å². The molecule has 0 aliphatic heterocycles. The minimum atomic E-state index is -0.672. The molecule has 0 aromatic heterocycles. The van der Waals surface area contributed by atoms with E-state index >= 15 is 0 Å². The lowest BCUT2D eigenvalue weighted by atomic mass is 10.1. The molecular weight excluding hydrogens is 492 g/mol. The molecule has 3 amide bonds. The Kier molecular flexibility index (Phi) is 7.29. The van der Waals surface area contributed by atoms with E-state index in [4.69, 9.17) is 0 Å². The number of hydrogen-bond donors (Lipinski definition) is 5. The van der Waals surface area contributed by atoms with Crippen molar-refractivity contribution in [2.24, 2.45) is 0 Å². The minimum absolute atomic E-state index is 0.0165. The minimum Gasteiger partial charge on any atom is -0.506 e. The van der Waals surface area contributed by atoms with Crippen LogP contribution in [0.1, 0.15) is 31.1 Å². The Hall–Kier alpha value is -5.71. The van der Waals surface area contributed by atoms with Crippen LogP contribution in [-0.2, 0) is 0 Å². The van der Waals surface area contributed by atoms with Crippen LogP contribution in [-0.4, -0.2) is 32.9 Å². The number of phenols is 2. The molecule has 0 atom stereocenters. The molecule has 11 heteroatoms.